The number of rotatable bonds is 8. The molecule has 4 aliphatic rings. The zero-order valence-corrected chi connectivity index (χ0v) is 23.1. The number of amides is 1. The van der Waals surface area contributed by atoms with Crippen LogP contribution in [0.2, 0.25) is 5.02 Å². The third kappa shape index (κ3) is 6.26. The van der Waals surface area contributed by atoms with Gasteiger partial charge in [-0.2, -0.15) is 0 Å². The van der Waals surface area contributed by atoms with Crippen molar-refractivity contribution in [2.45, 2.75) is 64.0 Å². The van der Waals surface area contributed by atoms with Crippen molar-refractivity contribution in [3.05, 3.63) is 29.3 Å². The van der Waals surface area contributed by atoms with Gasteiger partial charge >= 0.3 is 5.97 Å². The van der Waals surface area contributed by atoms with Crippen molar-refractivity contribution in [1.29, 1.82) is 0 Å². The van der Waals surface area contributed by atoms with Crippen molar-refractivity contribution >= 4 is 29.2 Å². The highest BCUT2D eigenvalue weighted by atomic mass is 35.5. The predicted octanol–water partition coefficient (Wildman–Crippen LogP) is 3.90. The Bertz CT molecular complexity index is 935. The van der Waals surface area contributed by atoms with Gasteiger partial charge in [0.2, 0.25) is 5.91 Å². The summed E-state index contributed by atoms with van der Waals surface area (Å²) in [7, 11) is 0. The summed E-state index contributed by atoms with van der Waals surface area (Å²) >= 11 is 6.20. The maximum atomic E-state index is 13.9. The minimum Gasteiger partial charge on any atom is -0.466 e. The van der Waals surface area contributed by atoms with Crippen LogP contribution in [0.5, 0.6) is 0 Å². The third-order valence-electron chi connectivity index (χ3n) is 9.08. The number of hydrogen-bond acceptors (Lipinski definition) is 6. The quantitative estimate of drug-likeness (QED) is 0.475. The van der Waals surface area contributed by atoms with Gasteiger partial charge in [0.1, 0.15) is 0 Å². The molecule has 0 aliphatic carbocycles. The summed E-state index contributed by atoms with van der Waals surface area (Å²) in [6, 6.07) is 8.87. The third-order valence-corrected chi connectivity index (χ3v) is 9.32. The van der Waals surface area contributed by atoms with Gasteiger partial charge in [0.05, 0.1) is 13.2 Å². The Balaban J connectivity index is 1.23. The Hall–Kier alpha value is -1.83. The van der Waals surface area contributed by atoms with E-state index in [1.165, 1.54) is 38.8 Å². The number of likely N-dealkylation sites (tertiary alicyclic amines) is 1. The second kappa shape index (κ2) is 12.4. The molecule has 204 valence electrons. The van der Waals surface area contributed by atoms with E-state index in [1.54, 1.807) is 0 Å². The lowest BCUT2D eigenvalue weighted by molar-refractivity contribution is -0.148. The molecular weight excluding hydrogens is 488 g/mol. The maximum Gasteiger partial charge on any atom is 0.305 e. The number of piperazine rings is 1. The molecule has 4 heterocycles. The lowest BCUT2D eigenvalue weighted by Crippen LogP contribution is -2.66. The monoisotopic (exact) mass is 530 g/mol. The van der Waals surface area contributed by atoms with E-state index in [0.717, 1.165) is 56.3 Å². The molecule has 0 saturated carbocycles. The van der Waals surface area contributed by atoms with E-state index in [0.29, 0.717) is 37.5 Å². The molecule has 1 aromatic rings. The van der Waals surface area contributed by atoms with Crippen LogP contribution in [0.25, 0.3) is 0 Å². The van der Waals surface area contributed by atoms with Crippen molar-refractivity contribution in [2.24, 2.45) is 11.8 Å². The van der Waals surface area contributed by atoms with Crippen LogP contribution in [0.1, 0.15) is 51.9 Å². The van der Waals surface area contributed by atoms with Crippen molar-refractivity contribution in [3.63, 3.8) is 0 Å². The number of benzene rings is 1. The van der Waals surface area contributed by atoms with Crippen LogP contribution >= 0.6 is 11.6 Å². The Morgan fingerprint density at radius 2 is 1.84 bits per heavy atom. The van der Waals surface area contributed by atoms with E-state index in [-0.39, 0.29) is 17.9 Å². The number of hydrogen-bond donors (Lipinski definition) is 0. The van der Waals surface area contributed by atoms with Gasteiger partial charge in [-0.3, -0.25) is 19.4 Å². The molecule has 4 atom stereocenters. The molecule has 0 bridgehead atoms. The van der Waals surface area contributed by atoms with Crippen LogP contribution in [0.4, 0.5) is 5.69 Å². The molecule has 8 heteroatoms. The van der Waals surface area contributed by atoms with Crippen LogP contribution in [0.3, 0.4) is 0 Å². The fourth-order valence-corrected chi connectivity index (χ4v) is 7.64. The standard InChI is InChI=1S/C29H43ClN4O3/c1-2-37-28(36)12-4-11-26-25-10-6-14-33-13-5-7-22(29(25)33)20-34(26)27(35)21-31-15-17-32(18-16-31)24-9-3-8-23(30)19-24/h3,8-9,19,22,25-26,29H,2,4-7,10-18,20-21H2,1H3. The number of carbonyl (C=O) groups excluding carboxylic acids is 2. The van der Waals surface area contributed by atoms with Gasteiger partial charge in [0.25, 0.3) is 0 Å². The first kappa shape index (κ1) is 26.8. The maximum absolute atomic E-state index is 13.9. The van der Waals surface area contributed by atoms with Gasteiger partial charge in [0.15, 0.2) is 0 Å². The molecule has 4 unspecified atom stereocenters. The van der Waals surface area contributed by atoms with Crippen LogP contribution in [-0.4, -0.2) is 97.6 Å². The molecule has 37 heavy (non-hydrogen) atoms. The zero-order chi connectivity index (χ0) is 25.8. The fraction of sp³-hybridized carbons (Fsp3) is 0.724. The summed E-state index contributed by atoms with van der Waals surface area (Å²) in [6.45, 7) is 9.63. The summed E-state index contributed by atoms with van der Waals surface area (Å²) in [5, 5.41) is 0.761. The number of carbonyl (C=O) groups is 2. The highest BCUT2D eigenvalue weighted by molar-refractivity contribution is 6.30. The molecule has 0 radical (unpaired) electrons. The number of nitrogens with zero attached hydrogens (tertiary/aromatic N) is 4. The van der Waals surface area contributed by atoms with Gasteiger partial charge in [-0.05, 0) is 88.6 Å². The molecule has 0 spiro atoms. The Labute approximate surface area is 227 Å². The summed E-state index contributed by atoms with van der Waals surface area (Å²) in [4.78, 5) is 35.5. The van der Waals surface area contributed by atoms with E-state index in [1.807, 2.05) is 25.1 Å². The molecule has 1 amide bonds. The summed E-state index contributed by atoms with van der Waals surface area (Å²) < 4.78 is 5.17. The van der Waals surface area contributed by atoms with Crippen LogP contribution < -0.4 is 4.90 Å². The van der Waals surface area contributed by atoms with Gasteiger partial charge in [-0.1, -0.05) is 17.7 Å². The highest BCUT2D eigenvalue weighted by Crippen LogP contribution is 2.43. The molecule has 7 nitrogen and oxygen atoms in total. The molecule has 4 fully saturated rings. The predicted molar refractivity (Wildman–Crippen MR) is 147 cm³/mol. The van der Waals surface area contributed by atoms with Crippen molar-refractivity contribution in [2.75, 3.05) is 63.9 Å². The number of anilines is 1. The van der Waals surface area contributed by atoms with Gasteiger partial charge in [-0.15, -0.1) is 0 Å². The smallest absolute Gasteiger partial charge is 0.305 e. The normalized spacial score (nSPS) is 28.6. The Morgan fingerprint density at radius 1 is 1.05 bits per heavy atom. The summed E-state index contributed by atoms with van der Waals surface area (Å²) in [6.07, 6.45) is 7.03. The molecule has 4 aliphatic heterocycles. The van der Waals surface area contributed by atoms with E-state index in [4.69, 9.17) is 16.3 Å². The van der Waals surface area contributed by atoms with Gasteiger partial charge in [-0.25, -0.2) is 0 Å². The fourth-order valence-electron chi connectivity index (χ4n) is 7.46. The topological polar surface area (TPSA) is 56.3 Å². The lowest BCUT2D eigenvalue weighted by atomic mass is 9.69. The largest absolute Gasteiger partial charge is 0.466 e. The minimum atomic E-state index is -0.116. The van der Waals surface area contributed by atoms with E-state index in [2.05, 4.69) is 25.7 Å². The Kier molecular flexibility index (Phi) is 8.93. The molecule has 5 rings (SSSR count). The van der Waals surface area contributed by atoms with Crippen molar-refractivity contribution < 1.29 is 14.3 Å². The summed E-state index contributed by atoms with van der Waals surface area (Å²) in [5.74, 6) is 1.27. The SMILES string of the molecule is CCOC(=O)CCCC1C2CCCN3CCCC(CN1C(=O)CN1CCN(c4cccc(Cl)c4)CC1)C23. The van der Waals surface area contributed by atoms with Crippen molar-refractivity contribution in [1.82, 2.24) is 14.7 Å². The second-order valence-corrected chi connectivity index (χ2v) is 11.7. The highest BCUT2D eigenvalue weighted by Gasteiger charge is 2.49. The number of esters is 1. The summed E-state index contributed by atoms with van der Waals surface area (Å²) in [5.41, 5.74) is 1.15. The van der Waals surface area contributed by atoms with Crippen LogP contribution in [0.15, 0.2) is 24.3 Å². The van der Waals surface area contributed by atoms with Crippen LogP contribution in [0, 0.1) is 11.8 Å². The zero-order valence-electron chi connectivity index (χ0n) is 22.3. The van der Waals surface area contributed by atoms with Gasteiger partial charge < -0.3 is 14.5 Å². The van der Waals surface area contributed by atoms with Crippen molar-refractivity contribution in [3.8, 4) is 0 Å². The molecular formula is C29H43ClN4O3. The molecule has 1 aromatic carbocycles. The molecule has 4 saturated heterocycles. The van der Waals surface area contributed by atoms with E-state index >= 15 is 0 Å². The molecule has 0 aromatic heterocycles. The first-order valence-electron chi connectivity index (χ1n) is 14.5. The van der Waals surface area contributed by atoms with Crippen LogP contribution in [-0.2, 0) is 14.3 Å². The molecule has 0 N–H and O–H groups in total. The number of piperidine rings is 3. The Morgan fingerprint density at radius 3 is 2.59 bits per heavy atom. The second-order valence-electron chi connectivity index (χ2n) is 11.3. The average molecular weight is 531 g/mol. The van der Waals surface area contributed by atoms with E-state index < -0.39 is 0 Å². The van der Waals surface area contributed by atoms with E-state index in [9.17, 15) is 9.59 Å². The minimum absolute atomic E-state index is 0.116. The lowest BCUT2D eigenvalue weighted by Gasteiger charge is -2.57. The number of ether oxygens (including phenoxy) is 1. The first-order chi connectivity index (χ1) is 18.0. The number of halogens is 1. The van der Waals surface area contributed by atoms with Gasteiger partial charge in [0, 0.05) is 61.9 Å². The average Bonchev–Trinajstić information content (AvgIpc) is 2.90. The first-order valence-corrected chi connectivity index (χ1v) is 14.8.